The molecule has 0 spiro atoms. The van der Waals surface area contributed by atoms with E-state index in [1.807, 2.05) is 0 Å². The molecule has 0 saturated carbocycles. The van der Waals surface area contributed by atoms with Crippen LogP contribution in [0.25, 0.3) is 0 Å². The number of allylic oxidation sites excluding steroid dienone is 1. The molecule has 0 amide bonds. The monoisotopic (exact) mass is 184 g/mol. The van der Waals surface area contributed by atoms with Gasteiger partial charge in [-0.1, -0.05) is 7.43 Å². The van der Waals surface area contributed by atoms with Crippen molar-refractivity contribution in [3.8, 4) is 0 Å². The molecule has 0 aromatic rings. The van der Waals surface area contributed by atoms with Gasteiger partial charge in [-0.05, 0) is 6.92 Å². The Kier molecular flexibility index (Phi) is 3.35. The second-order valence-corrected chi connectivity index (χ2v) is 2.39. The van der Waals surface area contributed by atoms with E-state index < -0.39 is 11.9 Å². The Balaban J connectivity index is 0.00000144. The highest BCUT2D eigenvalue weighted by atomic mass is 16.4. The van der Waals surface area contributed by atoms with Gasteiger partial charge in [-0.3, -0.25) is 0 Å². The second-order valence-electron chi connectivity index (χ2n) is 2.39. The maximum atomic E-state index is 10.3. The molecule has 0 fully saturated rings. The van der Waals surface area contributed by atoms with Gasteiger partial charge in [-0.25, -0.2) is 9.79 Å². The van der Waals surface area contributed by atoms with Crippen molar-refractivity contribution in [1.29, 1.82) is 0 Å². The minimum Gasteiger partial charge on any atom is -0.545 e. The lowest BCUT2D eigenvalue weighted by molar-refractivity contribution is -0.299. The predicted molar refractivity (Wildman–Crippen MR) is 44.1 cm³/mol. The van der Waals surface area contributed by atoms with Gasteiger partial charge in [0.15, 0.2) is 0 Å². The molecular formula is C8H10NO4-. The Labute approximate surface area is 75.4 Å². The summed E-state index contributed by atoms with van der Waals surface area (Å²) >= 11 is 0. The maximum Gasteiger partial charge on any atom is 0.350 e. The fourth-order valence-corrected chi connectivity index (χ4v) is 0.948. The van der Waals surface area contributed by atoms with Crippen molar-refractivity contribution in [3.05, 3.63) is 11.3 Å². The number of nitrogens with zero attached hydrogens (tertiary/aromatic N) is 1. The number of carboxylic acid groups (broad SMARTS) is 2. The summed E-state index contributed by atoms with van der Waals surface area (Å²) < 4.78 is 0. The molecule has 72 valence electrons. The number of hydrogen-bond acceptors (Lipinski definition) is 4. The summed E-state index contributed by atoms with van der Waals surface area (Å²) in [5.41, 5.74) is 0.0199. The van der Waals surface area contributed by atoms with Gasteiger partial charge in [0, 0.05) is 17.7 Å². The van der Waals surface area contributed by atoms with E-state index in [0.717, 1.165) is 0 Å². The Bertz CT molecular complexity index is 314. The summed E-state index contributed by atoms with van der Waals surface area (Å²) in [5, 5.41) is 18.8. The smallest absolute Gasteiger partial charge is 0.350 e. The predicted octanol–water partition coefficient (Wildman–Crippen LogP) is -0.424. The number of rotatable bonds is 2. The van der Waals surface area contributed by atoms with E-state index in [-0.39, 0.29) is 30.8 Å². The summed E-state index contributed by atoms with van der Waals surface area (Å²) in [4.78, 5) is 24.3. The highest BCUT2D eigenvalue weighted by molar-refractivity contribution is 6.38. The molecule has 1 heterocycles. The van der Waals surface area contributed by atoms with Crippen LogP contribution in [-0.4, -0.2) is 22.8 Å². The fraction of sp³-hybridized carbons (Fsp3) is 0.375. The summed E-state index contributed by atoms with van der Waals surface area (Å²) in [6, 6.07) is 0. The third kappa shape index (κ3) is 2.14. The average molecular weight is 184 g/mol. The van der Waals surface area contributed by atoms with Crippen molar-refractivity contribution in [2.75, 3.05) is 0 Å². The summed E-state index contributed by atoms with van der Waals surface area (Å²) in [5.74, 6) is -2.54. The van der Waals surface area contributed by atoms with Crippen molar-refractivity contribution in [1.82, 2.24) is 0 Å². The molecule has 0 aromatic carbocycles. The van der Waals surface area contributed by atoms with Crippen LogP contribution in [0.4, 0.5) is 0 Å². The Morgan fingerprint density at radius 1 is 1.54 bits per heavy atom. The number of aliphatic carboxylic acids is 2. The second kappa shape index (κ2) is 3.84. The molecule has 0 saturated heterocycles. The first-order chi connectivity index (χ1) is 5.52. The van der Waals surface area contributed by atoms with Crippen LogP contribution in [0, 0.1) is 0 Å². The Morgan fingerprint density at radius 3 is 2.31 bits per heavy atom. The van der Waals surface area contributed by atoms with Gasteiger partial charge in [-0.15, -0.1) is 0 Å². The van der Waals surface area contributed by atoms with Gasteiger partial charge in [0.1, 0.15) is 5.71 Å². The zero-order valence-electron chi connectivity index (χ0n) is 6.33. The van der Waals surface area contributed by atoms with Crippen molar-refractivity contribution >= 4 is 17.7 Å². The maximum absolute atomic E-state index is 10.3. The first-order valence-electron chi connectivity index (χ1n) is 3.24. The SMILES string of the molecule is C.CC1=C(C(=O)[O-])CC(C(=O)O)=N1. The van der Waals surface area contributed by atoms with Crippen LogP contribution < -0.4 is 5.11 Å². The Hall–Kier alpha value is -1.65. The van der Waals surface area contributed by atoms with Crippen molar-refractivity contribution in [2.45, 2.75) is 20.8 Å². The molecule has 1 rings (SSSR count). The zero-order chi connectivity index (χ0) is 9.30. The number of hydrogen-bond donors (Lipinski definition) is 1. The van der Waals surface area contributed by atoms with Crippen LogP contribution in [0.5, 0.6) is 0 Å². The average Bonchev–Trinajstić information content (AvgIpc) is 2.30. The Morgan fingerprint density at radius 2 is 2.08 bits per heavy atom. The molecule has 13 heavy (non-hydrogen) atoms. The van der Waals surface area contributed by atoms with Gasteiger partial charge < -0.3 is 15.0 Å². The summed E-state index contributed by atoms with van der Waals surface area (Å²) in [6.45, 7) is 1.45. The first kappa shape index (κ1) is 11.4. The highest BCUT2D eigenvalue weighted by Crippen LogP contribution is 2.18. The standard InChI is InChI=1S/C7H7NO4.CH4/c1-3-4(6(9)10)2-5(8-3)7(11)12;/h2H2,1H3,(H,9,10)(H,11,12);1H4/p-1. The van der Waals surface area contributed by atoms with Crippen molar-refractivity contribution < 1.29 is 19.8 Å². The van der Waals surface area contributed by atoms with E-state index in [2.05, 4.69) is 4.99 Å². The molecule has 5 nitrogen and oxygen atoms in total. The summed E-state index contributed by atoms with van der Waals surface area (Å²) in [6.07, 6.45) is -0.149. The van der Waals surface area contributed by atoms with Crippen LogP contribution >= 0.6 is 0 Å². The molecular weight excluding hydrogens is 174 g/mol. The largest absolute Gasteiger partial charge is 0.545 e. The van der Waals surface area contributed by atoms with E-state index in [9.17, 15) is 14.7 Å². The van der Waals surface area contributed by atoms with Gasteiger partial charge in [0.2, 0.25) is 0 Å². The zero-order valence-corrected chi connectivity index (χ0v) is 6.33. The van der Waals surface area contributed by atoms with Crippen LogP contribution in [0.1, 0.15) is 20.8 Å². The lowest BCUT2D eigenvalue weighted by Crippen LogP contribution is -2.25. The number of carbonyl (C=O) groups is 2. The van der Waals surface area contributed by atoms with Crippen LogP contribution in [0.2, 0.25) is 0 Å². The minimum absolute atomic E-state index is 0. The van der Waals surface area contributed by atoms with Crippen LogP contribution in [0.3, 0.4) is 0 Å². The topological polar surface area (TPSA) is 89.8 Å². The van der Waals surface area contributed by atoms with Crippen molar-refractivity contribution in [3.63, 3.8) is 0 Å². The highest BCUT2D eigenvalue weighted by Gasteiger charge is 2.20. The number of carboxylic acids is 2. The molecule has 5 heteroatoms. The lowest BCUT2D eigenvalue weighted by Gasteiger charge is -2.01. The fourth-order valence-electron chi connectivity index (χ4n) is 0.948. The van der Waals surface area contributed by atoms with Gasteiger partial charge in [0.25, 0.3) is 0 Å². The van der Waals surface area contributed by atoms with Crippen molar-refractivity contribution in [2.24, 2.45) is 4.99 Å². The minimum atomic E-state index is -1.35. The third-order valence-electron chi connectivity index (χ3n) is 1.58. The van der Waals surface area contributed by atoms with E-state index in [1.54, 1.807) is 0 Å². The molecule has 1 aliphatic heterocycles. The molecule has 0 bridgehead atoms. The van der Waals surface area contributed by atoms with Gasteiger partial charge in [-0.2, -0.15) is 0 Å². The van der Waals surface area contributed by atoms with Crippen LogP contribution in [0.15, 0.2) is 16.3 Å². The summed E-state index contributed by atoms with van der Waals surface area (Å²) in [7, 11) is 0. The number of aliphatic imine (C=N–C) groups is 1. The molecule has 0 aromatic heterocycles. The van der Waals surface area contributed by atoms with Gasteiger partial charge in [0.05, 0.1) is 5.97 Å². The normalized spacial score (nSPS) is 15.0. The van der Waals surface area contributed by atoms with E-state index in [0.29, 0.717) is 0 Å². The van der Waals surface area contributed by atoms with Gasteiger partial charge >= 0.3 is 5.97 Å². The molecule has 0 radical (unpaired) electrons. The lowest BCUT2D eigenvalue weighted by atomic mass is 10.1. The van der Waals surface area contributed by atoms with Crippen LogP contribution in [-0.2, 0) is 9.59 Å². The van der Waals surface area contributed by atoms with E-state index >= 15 is 0 Å². The van der Waals surface area contributed by atoms with E-state index in [4.69, 9.17) is 5.11 Å². The van der Waals surface area contributed by atoms with E-state index in [1.165, 1.54) is 6.92 Å². The molecule has 0 unspecified atom stereocenters. The number of carbonyl (C=O) groups excluding carboxylic acids is 1. The third-order valence-corrected chi connectivity index (χ3v) is 1.58. The quantitative estimate of drug-likeness (QED) is 0.630. The molecule has 1 aliphatic rings. The molecule has 1 N–H and O–H groups in total. The molecule has 0 atom stereocenters. The molecule has 0 aliphatic carbocycles. The first-order valence-corrected chi connectivity index (χ1v) is 3.24.